The minimum atomic E-state index is -0.855. The fourth-order valence-corrected chi connectivity index (χ4v) is 3.40. The Morgan fingerprint density at radius 3 is 2.85 bits per heavy atom. The van der Waals surface area contributed by atoms with Gasteiger partial charge in [0.2, 0.25) is 5.91 Å². The molecule has 5 atom stereocenters. The maximum absolute atomic E-state index is 11.9. The number of pyridine rings is 1. The van der Waals surface area contributed by atoms with Gasteiger partial charge in [0.1, 0.15) is 18.3 Å². The fraction of sp³-hybridized carbons (Fsp3) is 0.611. The van der Waals surface area contributed by atoms with Crippen LogP contribution in [0.1, 0.15) is 26.7 Å². The van der Waals surface area contributed by atoms with Crippen LogP contribution in [0, 0.1) is 0 Å². The van der Waals surface area contributed by atoms with Crippen molar-refractivity contribution >= 4 is 17.6 Å². The number of carbonyl (C=O) groups excluding carboxylic acids is 2. The number of fused-ring (bicyclic) bond motifs is 1. The van der Waals surface area contributed by atoms with Gasteiger partial charge in [-0.2, -0.15) is 0 Å². The zero-order valence-electron chi connectivity index (χ0n) is 15.4. The summed E-state index contributed by atoms with van der Waals surface area (Å²) in [5.41, 5.74) is 0.575. The molecule has 3 rings (SSSR count). The number of nitrogens with zero attached hydrogens (tertiary/aromatic N) is 1. The first-order valence-electron chi connectivity index (χ1n) is 9.15. The number of aliphatic hydroxyl groups is 1. The molecule has 2 fully saturated rings. The highest BCUT2D eigenvalue weighted by Crippen LogP contribution is 2.35. The van der Waals surface area contributed by atoms with Gasteiger partial charge >= 0.3 is 6.03 Å². The largest absolute Gasteiger partial charge is 0.388 e. The molecule has 3 amide bonds. The van der Waals surface area contributed by atoms with Crippen LogP contribution in [0.15, 0.2) is 24.5 Å². The summed E-state index contributed by atoms with van der Waals surface area (Å²) in [5, 5.41) is 18.6. The molecule has 3 heterocycles. The first-order chi connectivity index (χ1) is 12.9. The van der Waals surface area contributed by atoms with E-state index in [9.17, 15) is 14.7 Å². The number of aliphatic hydroxyl groups excluding tert-OH is 1. The predicted octanol–water partition coefficient (Wildman–Crippen LogP) is 0.404. The van der Waals surface area contributed by atoms with Crippen LogP contribution < -0.4 is 16.0 Å². The Hall–Kier alpha value is -2.23. The van der Waals surface area contributed by atoms with Gasteiger partial charge in [0.25, 0.3) is 0 Å². The lowest BCUT2D eigenvalue weighted by Gasteiger charge is -2.20. The second kappa shape index (κ2) is 8.64. The Bertz CT molecular complexity index is 656. The average Bonchev–Trinajstić information content (AvgIpc) is 3.12. The number of ether oxygens (including phenoxy) is 2. The van der Waals surface area contributed by atoms with Crippen LogP contribution in [0.5, 0.6) is 0 Å². The van der Waals surface area contributed by atoms with E-state index >= 15 is 0 Å². The lowest BCUT2D eigenvalue weighted by atomic mass is 10.1. The number of carbonyl (C=O) groups is 2. The molecule has 148 valence electrons. The van der Waals surface area contributed by atoms with Gasteiger partial charge < -0.3 is 30.5 Å². The SMILES string of the molecule is CC(C)NC(=O)CC1CC2OC(CNC(=O)Nc3cccnc3)C(O)C2O1. The van der Waals surface area contributed by atoms with Crippen molar-refractivity contribution in [3.8, 4) is 0 Å². The van der Waals surface area contributed by atoms with E-state index in [2.05, 4.69) is 20.9 Å². The molecule has 9 nitrogen and oxygen atoms in total. The van der Waals surface area contributed by atoms with E-state index in [4.69, 9.17) is 9.47 Å². The van der Waals surface area contributed by atoms with E-state index in [-0.39, 0.29) is 37.1 Å². The summed E-state index contributed by atoms with van der Waals surface area (Å²) < 4.78 is 11.6. The molecule has 27 heavy (non-hydrogen) atoms. The maximum atomic E-state index is 11.9. The van der Waals surface area contributed by atoms with Crippen molar-refractivity contribution in [2.24, 2.45) is 0 Å². The molecule has 4 N–H and O–H groups in total. The van der Waals surface area contributed by atoms with E-state index in [1.807, 2.05) is 13.8 Å². The molecular weight excluding hydrogens is 352 g/mol. The van der Waals surface area contributed by atoms with Crippen LogP contribution in [0.2, 0.25) is 0 Å². The number of rotatable bonds is 6. The Balaban J connectivity index is 1.42. The lowest BCUT2D eigenvalue weighted by molar-refractivity contribution is -0.125. The van der Waals surface area contributed by atoms with Gasteiger partial charge in [-0.1, -0.05) is 0 Å². The van der Waals surface area contributed by atoms with E-state index in [0.717, 1.165) is 0 Å². The molecule has 2 aliphatic heterocycles. The Labute approximate surface area is 157 Å². The third-order valence-electron chi connectivity index (χ3n) is 4.52. The van der Waals surface area contributed by atoms with E-state index in [1.165, 1.54) is 6.20 Å². The van der Waals surface area contributed by atoms with Crippen LogP contribution in [0.25, 0.3) is 0 Å². The zero-order valence-corrected chi connectivity index (χ0v) is 15.4. The first-order valence-corrected chi connectivity index (χ1v) is 9.15. The molecule has 2 saturated heterocycles. The summed E-state index contributed by atoms with van der Waals surface area (Å²) in [5.74, 6) is -0.0743. The van der Waals surface area contributed by atoms with Crippen LogP contribution in [-0.4, -0.2) is 65.1 Å². The standard InChI is InChI=1S/C18H26N4O5/c1-10(2)21-15(23)7-12-6-13-17(26-12)16(24)14(27-13)9-20-18(25)22-11-4-3-5-19-8-11/h3-5,8,10,12-14,16-17,24H,6-7,9H2,1-2H3,(H,21,23)(H2,20,22,25). The third kappa shape index (κ3) is 5.15. The quantitative estimate of drug-likeness (QED) is 0.569. The molecule has 2 aliphatic rings. The molecule has 0 saturated carbocycles. The molecule has 1 aromatic rings. The molecule has 0 aliphatic carbocycles. The lowest BCUT2D eigenvalue weighted by Crippen LogP contribution is -2.42. The highest BCUT2D eigenvalue weighted by Gasteiger charge is 2.50. The van der Waals surface area contributed by atoms with Crippen molar-refractivity contribution in [2.45, 2.75) is 63.3 Å². The molecule has 1 aromatic heterocycles. The predicted molar refractivity (Wildman–Crippen MR) is 97.1 cm³/mol. The molecule has 0 radical (unpaired) electrons. The molecule has 0 bridgehead atoms. The highest BCUT2D eigenvalue weighted by molar-refractivity contribution is 5.88. The van der Waals surface area contributed by atoms with Crippen molar-refractivity contribution in [1.82, 2.24) is 15.6 Å². The Kier molecular flexibility index (Phi) is 6.25. The summed E-state index contributed by atoms with van der Waals surface area (Å²) in [4.78, 5) is 27.7. The molecular formula is C18H26N4O5. The van der Waals surface area contributed by atoms with Crippen molar-refractivity contribution < 1.29 is 24.2 Å². The van der Waals surface area contributed by atoms with Crippen molar-refractivity contribution in [3.05, 3.63) is 24.5 Å². The number of nitrogens with one attached hydrogen (secondary N) is 3. The molecule has 0 spiro atoms. The van der Waals surface area contributed by atoms with E-state index in [1.54, 1.807) is 18.3 Å². The summed E-state index contributed by atoms with van der Waals surface area (Å²) in [6, 6.07) is 3.12. The van der Waals surface area contributed by atoms with Crippen LogP contribution in [-0.2, 0) is 14.3 Å². The monoisotopic (exact) mass is 378 g/mol. The number of aromatic nitrogens is 1. The molecule has 5 unspecified atom stereocenters. The number of anilines is 1. The van der Waals surface area contributed by atoms with Crippen LogP contribution in [0.4, 0.5) is 10.5 Å². The van der Waals surface area contributed by atoms with Gasteiger partial charge in [-0.15, -0.1) is 0 Å². The highest BCUT2D eigenvalue weighted by atomic mass is 16.6. The van der Waals surface area contributed by atoms with Crippen molar-refractivity contribution in [3.63, 3.8) is 0 Å². The second-order valence-corrected chi connectivity index (χ2v) is 7.17. The maximum Gasteiger partial charge on any atom is 0.319 e. The zero-order chi connectivity index (χ0) is 19.4. The van der Waals surface area contributed by atoms with Gasteiger partial charge in [0.05, 0.1) is 30.5 Å². The van der Waals surface area contributed by atoms with Gasteiger partial charge in [-0.3, -0.25) is 9.78 Å². The van der Waals surface area contributed by atoms with Crippen molar-refractivity contribution in [1.29, 1.82) is 0 Å². The summed E-state index contributed by atoms with van der Waals surface area (Å²) >= 11 is 0. The van der Waals surface area contributed by atoms with Crippen LogP contribution >= 0.6 is 0 Å². The van der Waals surface area contributed by atoms with Gasteiger partial charge in [0.15, 0.2) is 0 Å². The minimum Gasteiger partial charge on any atom is -0.388 e. The second-order valence-electron chi connectivity index (χ2n) is 7.17. The minimum absolute atomic E-state index is 0.0743. The Morgan fingerprint density at radius 2 is 2.19 bits per heavy atom. The van der Waals surface area contributed by atoms with Crippen molar-refractivity contribution in [2.75, 3.05) is 11.9 Å². The van der Waals surface area contributed by atoms with E-state index < -0.39 is 24.3 Å². The number of hydrogen-bond acceptors (Lipinski definition) is 6. The van der Waals surface area contributed by atoms with Gasteiger partial charge in [-0.05, 0) is 26.0 Å². The topological polar surface area (TPSA) is 122 Å². The summed E-state index contributed by atoms with van der Waals surface area (Å²) in [7, 11) is 0. The summed E-state index contributed by atoms with van der Waals surface area (Å²) in [6.45, 7) is 3.95. The first kappa shape index (κ1) is 19.5. The normalized spacial score (nSPS) is 29.4. The van der Waals surface area contributed by atoms with Gasteiger partial charge in [-0.25, -0.2) is 4.79 Å². The third-order valence-corrected chi connectivity index (χ3v) is 4.52. The number of amides is 3. The number of urea groups is 1. The average molecular weight is 378 g/mol. The molecule has 9 heteroatoms. The Morgan fingerprint density at radius 1 is 1.37 bits per heavy atom. The smallest absolute Gasteiger partial charge is 0.319 e. The van der Waals surface area contributed by atoms with Crippen LogP contribution in [0.3, 0.4) is 0 Å². The fourth-order valence-electron chi connectivity index (χ4n) is 3.40. The molecule has 0 aromatic carbocycles. The number of hydrogen-bond donors (Lipinski definition) is 4. The van der Waals surface area contributed by atoms with E-state index in [0.29, 0.717) is 12.1 Å². The van der Waals surface area contributed by atoms with Gasteiger partial charge in [0, 0.05) is 25.2 Å². The summed E-state index contributed by atoms with van der Waals surface area (Å²) in [6.07, 6.45) is 1.52.